The molecular formula is C17H22N4O3. The normalized spacial score (nSPS) is 23.3. The molecule has 0 saturated carbocycles. The molecule has 1 atom stereocenters. The van der Waals surface area contributed by atoms with Crippen LogP contribution in [0.4, 0.5) is 5.82 Å². The average molecular weight is 330 g/mol. The topological polar surface area (TPSA) is 68.7 Å². The standard InChI is InChI=1S/C17H22N4O3/c1-2-4-15-14(3-1)22-11-13(24-15)12-23-17-10-19-9-16(20-17)21-7-5-18-6-8-21/h2,4,9-10,13,18H,1,3,5-8,11-12H2. The maximum Gasteiger partial charge on any atom is 0.234 e. The Bertz CT molecular complexity index is 640. The van der Waals surface area contributed by atoms with Gasteiger partial charge in [0.05, 0.1) is 12.4 Å². The van der Waals surface area contributed by atoms with Gasteiger partial charge in [0.25, 0.3) is 0 Å². The fourth-order valence-electron chi connectivity index (χ4n) is 2.99. The summed E-state index contributed by atoms with van der Waals surface area (Å²) in [6.45, 7) is 4.69. The second-order valence-electron chi connectivity index (χ2n) is 6.04. The van der Waals surface area contributed by atoms with Crippen molar-refractivity contribution in [1.82, 2.24) is 15.3 Å². The van der Waals surface area contributed by atoms with Gasteiger partial charge in [-0.2, -0.15) is 4.98 Å². The molecule has 1 aliphatic carbocycles. The predicted octanol–water partition coefficient (Wildman–Crippen LogP) is 1.24. The summed E-state index contributed by atoms with van der Waals surface area (Å²) in [7, 11) is 0. The first-order valence-electron chi connectivity index (χ1n) is 8.48. The molecule has 1 saturated heterocycles. The number of hydrogen-bond donors (Lipinski definition) is 1. The molecule has 2 aliphatic heterocycles. The summed E-state index contributed by atoms with van der Waals surface area (Å²) in [4.78, 5) is 11.0. The van der Waals surface area contributed by atoms with E-state index in [0.29, 0.717) is 19.1 Å². The lowest BCUT2D eigenvalue weighted by atomic mass is 10.1. The van der Waals surface area contributed by atoms with Crippen LogP contribution >= 0.6 is 0 Å². The highest BCUT2D eigenvalue weighted by molar-refractivity contribution is 5.38. The van der Waals surface area contributed by atoms with Gasteiger partial charge in [-0.15, -0.1) is 0 Å². The number of anilines is 1. The van der Waals surface area contributed by atoms with Gasteiger partial charge in [-0.25, -0.2) is 0 Å². The van der Waals surface area contributed by atoms with Crippen molar-refractivity contribution in [3.05, 3.63) is 36.1 Å². The lowest BCUT2D eigenvalue weighted by Gasteiger charge is -2.29. The highest BCUT2D eigenvalue weighted by atomic mass is 16.6. The van der Waals surface area contributed by atoms with Crippen molar-refractivity contribution >= 4 is 5.82 Å². The molecule has 128 valence electrons. The molecule has 3 heterocycles. The van der Waals surface area contributed by atoms with Crippen LogP contribution in [0.3, 0.4) is 0 Å². The Morgan fingerprint density at radius 1 is 1.29 bits per heavy atom. The number of rotatable bonds is 4. The number of nitrogens with zero attached hydrogens (tertiary/aromatic N) is 3. The van der Waals surface area contributed by atoms with Gasteiger partial charge in [-0.1, -0.05) is 6.08 Å². The van der Waals surface area contributed by atoms with Gasteiger partial charge in [0.1, 0.15) is 19.0 Å². The van der Waals surface area contributed by atoms with Crippen LogP contribution in [-0.2, 0) is 9.47 Å². The maximum atomic E-state index is 5.93. The molecule has 0 radical (unpaired) electrons. The molecule has 1 aromatic heterocycles. The Hall–Kier alpha value is -2.28. The van der Waals surface area contributed by atoms with Crippen molar-refractivity contribution in [3.63, 3.8) is 0 Å². The number of hydrogen-bond acceptors (Lipinski definition) is 7. The monoisotopic (exact) mass is 330 g/mol. The van der Waals surface area contributed by atoms with E-state index >= 15 is 0 Å². The van der Waals surface area contributed by atoms with Crippen LogP contribution in [0.1, 0.15) is 12.8 Å². The molecule has 4 rings (SSSR count). The van der Waals surface area contributed by atoms with E-state index in [9.17, 15) is 0 Å². The van der Waals surface area contributed by atoms with Crippen molar-refractivity contribution in [1.29, 1.82) is 0 Å². The minimum atomic E-state index is -0.129. The first kappa shape index (κ1) is 15.3. The molecule has 3 aliphatic rings. The van der Waals surface area contributed by atoms with Crippen LogP contribution in [0, 0.1) is 0 Å². The van der Waals surface area contributed by atoms with E-state index < -0.39 is 0 Å². The Balaban J connectivity index is 1.34. The van der Waals surface area contributed by atoms with E-state index in [1.807, 2.05) is 6.08 Å². The third-order valence-corrected chi connectivity index (χ3v) is 4.28. The second-order valence-corrected chi connectivity index (χ2v) is 6.04. The Morgan fingerprint density at radius 3 is 3.12 bits per heavy atom. The molecule has 0 bridgehead atoms. The molecule has 7 nitrogen and oxygen atoms in total. The Morgan fingerprint density at radius 2 is 2.21 bits per heavy atom. The molecule has 0 spiro atoms. The highest BCUT2D eigenvalue weighted by Crippen LogP contribution is 2.26. The van der Waals surface area contributed by atoms with Crippen molar-refractivity contribution in [2.45, 2.75) is 18.9 Å². The number of aromatic nitrogens is 2. The van der Waals surface area contributed by atoms with E-state index in [-0.39, 0.29) is 6.10 Å². The zero-order valence-electron chi connectivity index (χ0n) is 13.6. The summed E-state index contributed by atoms with van der Waals surface area (Å²) in [5.74, 6) is 3.17. The van der Waals surface area contributed by atoms with Crippen molar-refractivity contribution in [2.24, 2.45) is 0 Å². The molecule has 0 aromatic carbocycles. The number of allylic oxidation sites excluding steroid dienone is 3. The minimum Gasteiger partial charge on any atom is -0.490 e. The summed E-state index contributed by atoms with van der Waals surface area (Å²) < 4.78 is 17.5. The number of ether oxygens (including phenoxy) is 3. The van der Waals surface area contributed by atoms with Crippen LogP contribution in [0.25, 0.3) is 0 Å². The van der Waals surface area contributed by atoms with Crippen molar-refractivity contribution < 1.29 is 14.2 Å². The summed E-state index contributed by atoms with van der Waals surface area (Å²) in [5, 5.41) is 3.33. The van der Waals surface area contributed by atoms with Gasteiger partial charge in [0, 0.05) is 32.6 Å². The van der Waals surface area contributed by atoms with Crippen LogP contribution in [-0.4, -0.2) is 55.5 Å². The number of piperazine rings is 1. The molecule has 1 N–H and O–H groups in total. The quantitative estimate of drug-likeness (QED) is 0.891. The SMILES string of the molecule is C1=CC2=C(CC1)OCC(COc1cncc(N3CCNCC3)n1)O2. The van der Waals surface area contributed by atoms with Crippen LogP contribution in [0.5, 0.6) is 5.88 Å². The fraction of sp³-hybridized carbons (Fsp3) is 0.529. The van der Waals surface area contributed by atoms with E-state index in [1.165, 1.54) is 0 Å². The van der Waals surface area contributed by atoms with E-state index in [4.69, 9.17) is 14.2 Å². The van der Waals surface area contributed by atoms with Crippen molar-refractivity contribution in [2.75, 3.05) is 44.3 Å². The first-order valence-corrected chi connectivity index (χ1v) is 8.48. The summed E-state index contributed by atoms with van der Waals surface area (Å²) >= 11 is 0. The van der Waals surface area contributed by atoms with Crippen molar-refractivity contribution in [3.8, 4) is 5.88 Å². The third-order valence-electron chi connectivity index (χ3n) is 4.28. The zero-order valence-corrected chi connectivity index (χ0v) is 13.6. The van der Waals surface area contributed by atoms with E-state index in [2.05, 4.69) is 26.3 Å². The molecule has 1 fully saturated rings. The molecule has 24 heavy (non-hydrogen) atoms. The van der Waals surface area contributed by atoms with Crippen LogP contribution in [0.2, 0.25) is 0 Å². The lowest BCUT2D eigenvalue weighted by Crippen LogP contribution is -2.44. The first-order chi connectivity index (χ1) is 11.9. The fourth-order valence-corrected chi connectivity index (χ4v) is 2.99. The number of nitrogens with one attached hydrogen (secondary N) is 1. The maximum absolute atomic E-state index is 5.93. The average Bonchev–Trinajstić information content (AvgIpc) is 2.67. The highest BCUT2D eigenvalue weighted by Gasteiger charge is 2.24. The molecule has 7 heteroatoms. The Labute approximate surface area is 141 Å². The summed E-state index contributed by atoms with van der Waals surface area (Å²) in [6.07, 6.45) is 9.30. The van der Waals surface area contributed by atoms with E-state index in [1.54, 1.807) is 12.4 Å². The van der Waals surface area contributed by atoms with Gasteiger partial charge >= 0.3 is 0 Å². The Kier molecular flexibility index (Phi) is 4.51. The second kappa shape index (κ2) is 7.09. The summed E-state index contributed by atoms with van der Waals surface area (Å²) in [5.41, 5.74) is 0. The molecular weight excluding hydrogens is 308 g/mol. The van der Waals surface area contributed by atoms with Crippen LogP contribution < -0.4 is 15.0 Å². The van der Waals surface area contributed by atoms with Gasteiger partial charge in [-0.3, -0.25) is 4.98 Å². The van der Waals surface area contributed by atoms with E-state index in [0.717, 1.165) is 56.4 Å². The van der Waals surface area contributed by atoms with Gasteiger partial charge in [-0.05, 0) is 12.5 Å². The minimum absolute atomic E-state index is 0.129. The molecule has 1 aromatic rings. The third kappa shape index (κ3) is 3.46. The molecule has 1 unspecified atom stereocenters. The van der Waals surface area contributed by atoms with Gasteiger partial charge in [0.2, 0.25) is 5.88 Å². The van der Waals surface area contributed by atoms with Crippen LogP contribution in [0.15, 0.2) is 36.1 Å². The predicted molar refractivity (Wildman–Crippen MR) is 88.8 cm³/mol. The van der Waals surface area contributed by atoms with Gasteiger partial charge in [0.15, 0.2) is 17.7 Å². The lowest BCUT2D eigenvalue weighted by molar-refractivity contribution is -0.0245. The van der Waals surface area contributed by atoms with Gasteiger partial charge < -0.3 is 24.4 Å². The largest absolute Gasteiger partial charge is 0.490 e. The zero-order chi connectivity index (χ0) is 16.2. The summed E-state index contributed by atoms with van der Waals surface area (Å²) in [6, 6.07) is 0. The molecule has 0 amide bonds. The smallest absolute Gasteiger partial charge is 0.234 e.